The third-order valence-electron chi connectivity index (χ3n) is 4.30. The molecule has 2 aromatic rings. The zero-order valence-electron chi connectivity index (χ0n) is 10.8. The maximum absolute atomic E-state index is 12.3. The number of carbonyl (C=O) groups is 1. The molecule has 2 N–H and O–H groups in total. The summed E-state index contributed by atoms with van der Waals surface area (Å²) in [5.74, 6) is -0.00364. The number of amides is 1. The summed E-state index contributed by atoms with van der Waals surface area (Å²) in [4.78, 5) is 16.6. The minimum atomic E-state index is -0.00364. The summed E-state index contributed by atoms with van der Waals surface area (Å²) in [6.45, 7) is 0. The van der Waals surface area contributed by atoms with E-state index in [9.17, 15) is 4.79 Å². The zero-order valence-corrected chi connectivity index (χ0v) is 12.4. The Labute approximate surface area is 124 Å². The molecule has 5 nitrogen and oxygen atoms in total. The average molecular weight is 335 g/mol. The Balaban J connectivity index is 1.54. The molecule has 2 bridgehead atoms. The molecule has 2 aliphatic heterocycles. The SMILES string of the molecule is O=C(NC1CC2CCC1N2)c1ccc2nc(Br)cn2c1. The Bertz CT molecular complexity index is 683. The van der Waals surface area contributed by atoms with Gasteiger partial charge in [-0.15, -0.1) is 0 Å². The number of imidazole rings is 1. The molecule has 2 saturated heterocycles. The zero-order chi connectivity index (χ0) is 13.7. The van der Waals surface area contributed by atoms with Crippen molar-refractivity contribution in [3.8, 4) is 0 Å². The molecule has 0 aromatic carbocycles. The van der Waals surface area contributed by atoms with E-state index in [1.807, 2.05) is 28.9 Å². The molecule has 0 spiro atoms. The molecule has 104 valence electrons. The van der Waals surface area contributed by atoms with E-state index in [1.165, 1.54) is 12.8 Å². The molecule has 4 heterocycles. The number of fused-ring (bicyclic) bond motifs is 3. The maximum Gasteiger partial charge on any atom is 0.253 e. The smallest absolute Gasteiger partial charge is 0.253 e. The van der Waals surface area contributed by atoms with Crippen molar-refractivity contribution in [3.63, 3.8) is 0 Å². The molecule has 2 fully saturated rings. The number of nitrogens with zero attached hydrogens (tertiary/aromatic N) is 2. The number of aromatic nitrogens is 2. The third kappa shape index (κ3) is 2.03. The lowest BCUT2D eigenvalue weighted by Gasteiger charge is -2.21. The molecule has 3 unspecified atom stereocenters. The van der Waals surface area contributed by atoms with Crippen molar-refractivity contribution in [2.24, 2.45) is 0 Å². The van der Waals surface area contributed by atoms with Gasteiger partial charge in [0.05, 0.1) is 5.56 Å². The second kappa shape index (κ2) is 4.56. The number of nitrogens with one attached hydrogen (secondary N) is 2. The summed E-state index contributed by atoms with van der Waals surface area (Å²) in [6, 6.07) is 5.00. The average Bonchev–Trinajstić information content (AvgIpc) is 3.10. The molecular formula is C14H15BrN4O. The second-order valence-electron chi connectivity index (χ2n) is 5.61. The topological polar surface area (TPSA) is 58.4 Å². The first-order chi connectivity index (χ1) is 9.69. The number of hydrogen-bond acceptors (Lipinski definition) is 3. The van der Waals surface area contributed by atoms with Crippen molar-refractivity contribution in [2.75, 3.05) is 0 Å². The first-order valence-electron chi connectivity index (χ1n) is 6.90. The molecule has 0 radical (unpaired) electrons. The van der Waals surface area contributed by atoms with E-state index in [0.717, 1.165) is 16.7 Å². The largest absolute Gasteiger partial charge is 0.348 e. The van der Waals surface area contributed by atoms with Gasteiger partial charge in [-0.05, 0) is 47.3 Å². The predicted octanol–water partition coefficient (Wildman–Crippen LogP) is 1.72. The number of pyridine rings is 1. The van der Waals surface area contributed by atoms with Crippen LogP contribution in [0.1, 0.15) is 29.6 Å². The quantitative estimate of drug-likeness (QED) is 0.879. The fourth-order valence-electron chi connectivity index (χ4n) is 3.33. The molecule has 0 saturated carbocycles. The number of hydrogen-bond donors (Lipinski definition) is 2. The predicted molar refractivity (Wildman–Crippen MR) is 78.7 cm³/mol. The molecule has 3 atom stereocenters. The lowest BCUT2D eigenvalue weighted by atomic mass is 9.95. The van der Waals surface area contributed by atoms with Crippen LogP contribution in [0.5, 0.6) is 0 Å². The van der Waals surface area contributed by atoms with Crippen LogP contribution in [0.2, 0.25) is 0 Å². The monoisotopic (exact) mass is 334 g/mol. The summed E-state index contributed by atoms with van der Waals surface area (Å²) < 4.78 is 2.63. The van der Waals surface area contributed by atoms with Crippen LogP contribution in [0.4, 0.5) is 0 Å². The van der Waals surface area contributed by atoms with Gasteiger partial charge in [0.2, 0.25) is 0 Å². The summed E-state index contributed by atoms with van der Waals surface area (Å²) in [5.41, 5.74) is 1.50. The summed E-state index contributed by atoms with van der Waals surface area (Å²) in [7, 11) is 0. The van der Waals surface area contributed by atoms with Crippen molar-refractivity contribution in [2.45, 2.75) is 37.4 Å². The number of halogens is 1. The molecule has 4 rings (SSSR count). The molecule has 1 amide bonds. The van der Waals surface area contributed by atoms with E-state index in [2.05, 4.69) is 31.5 Å². The van der Waals surface area contributed by atoms with Gasteiger partial charge in [-0.3, -0.25) is 4.79 Å². The van der Waals surface area contributed by atoms with Crippen molar-refractivity contribution in [1.29, 1.82) is 0 Å². The standard InChI is InChI=1S/C14H15BrN4O/c15-12-7-19-6-8(1-4-13(19)18-12)14(20)17-11-5-9-2-3-10(11)16-9/h1,4,6-7,9-11,16H,2-3,5H2,(H,17,20). The van der Waals surface area contributed by atoms with Gasteiger partial charge in [-0.25, -0.2) is 4.98 Å². The van der Waals surface area contributed by atoms with Crippen LogP contribution in [-0.2, 0) is 0 Å². The molecular weight excluding hydrogens is 320 g/mol. The van der Waals surface area contributed by atoms with Crippen molar-refractivity contribution in [3.05, 3.63) is 34.7 Å². The van der Waals surface area contributed by atoms with Crippen molar-refractivity contribution in [1.82, 2.24) is 20.0 Å². The van der Waals surface area contributed by atoms with Crippen molar-refractivity contribution < 1.29 is 4.79 Å². The highest BCUT2D eigenvalue weighted by molar-refractivity contribution is 9.10. The summed E-state index contributed by atoms with van der Waals surface area (Å²) in [5, 5.41) is 6.68. The van der Waals surface area contributed by atoms with Gasteiger partial charge >= 0.3 is 0 Å². The lowest BCUT2D eigenvalue weighted by Crippen LogP contribution is -2.42. The van der Waals surface area contributed by atoms with Gasteiger partial charge in [-0.2, -0.15) is 0 Å². The van der Waals surface area contributed by atoms with Gasteiger partial charge < -0.3 is 15.0 Å². The highest BCUT2D eigenvalue weighted by atomic mass is 79.9. The Morgan fingerprint density at radius 1 is 1.40 bits per heavy atom. The van der Waals surface area contributed by atoms with E-state index >= 15 is 0 Å². The highest BCUT2D eigenvalue weighted by Crippen LogP contribution is 2.28. The first kappa shape index (κ1) is 12.3. The van der Waals surface area contributed by atoms with E-state index in [0.29, 0.717) is 17.6 Å². The Kier molecular flexibility index (Phi) is 2.82. The van der Waals surface area contributed by atoms with Crippen LogP contribution >= 0.6 is 15.9 Å². The number of carbonyl (C=O) groups excluding carboxylic acids is 1. The maximum atomic E-state index is 12.3. The first-order valence-corrected chi connectivity index (χ1v) is 7.69. The highest BCUT2D eigenvalue weighted by Gasteiger charge is 2.39. The molecule has 2 aromatic heterocycles. The summed E-state index contributed by atoms with van der Waals surface area (Å²) >= 11 is 3.34. The molecule has 2 aliphatic rings. The summed E-state index contributed by atoms with van der Waals surface area (Å²) in [6.07, 6.45) is 7.14. The van der Waals surface area contributed by atoms with Gasteiger partial charge in [0.15, 0.2) is 0 Å². The van der Waals surface area contributed by atoms with E-state index in [-0.39, 0.29) is 11.9 Å². The van der Waals surface area contributed by atoms with Crippen LogP contribution in [0.25, 0.3) is 5.65 Å². The lowest BCUT2D eigenvalue weighted by molar-refractivity contribution is 0.0930. The Hall–Kier alpha value is -1.40. The fraction of sp³-hybridized carbons (Fsp3) is 0.429. The van der Waals surface area contributed by atoms with Crippen LogP contribution in [0.15, 0.2) is 29.1 Å². The number of rotatable bonds is 2. The molecule has 0 aliphatic carbocycles. The van der Waals surface area contributed by atoms with Crippen LogP contribution < -0.4 is 10.6 Å². The fourth-order valence-corrected chi connectivity index (χ4v) is 3.73. The minimum Gasteiger partial charge on any atom is -0.348 e. The van der Waals surface area contributed by atoms with Crippen LogP contribution in [0.3, 0.4) is 0 Å². The van der Waals surface area contributed by atoms with Gasteiger partial charge in [0.25, 0.3) is 5.91 Å². The van der Waals surface area contributed by atoms with E-state index in [1.54, 1.807) is 0 Å². The van der Waals surface area contributed by atoms with Gasteiger partial charge in [0.1, 0.15) is 10.3 Å². The Morgan fingerprint density at radius 3 is 3.05 bits per heavy atom. The van der Waals surface area contributed by atoms with Crippen LogP contribution in [-0.4, -0.2) is 33.4 Å². The van der Waals surface area contributed by atoms with Gasteiger partial charge in [-0.1, -0.05) is 0 Å². The molecule has 20 heavy (non-hydrogen) atoms. The van der Waals surface area contributed by atoms with Crippen molar-refractivity contribution >= 4 is 27.5 Å². The van der Waals surface area contributed by atoms with E-state index in [4.69, 9.17) is 0 Å². The van der Waals surface area contributed by atoms with E-state index < -0.39 is 0 Å². The molecule has 6 heteroatoms. The Morgan fingerprint density at radius 2 is 2.30 bits per heavy atom. The second-order valence-corrected chi connectivity index (χ2v) is 6.42. The normalized spacial score (nSPS) is 28.1. The van der Waals surface area contributed by atoms with Crippen LogP contribution in [0, 0.1) is 0 Å². The minimum absolute atomic E-state index is 0.00364. The van der Waals surface area contributed by atoms with Gasteiger partial charge in [0, 0.05) is 30.5 Å². The third-order valence-corrected chi connectivity index (χ3v) is 4.68.